The zero-order valence-corrected chi connectivity index (χ0v) is 17.1. The van der Waals surface area contributed by atoms with E-state index in [2.05, 4.69) is 15.1 Å². The lowest BCUT2D eigenvalue weighted by atomic mass is 10.1. The van der Waals surface area contributed by atoms with Gasteiger partial charge in [0.05, 0.1) is 30.3 Å². The number of nitrogens with zero attached hydrogens (tertiary/aromatic N) is 4. The van der Waals surface area contributed by atoms with E-state index in [0.29, 0.717) is 17.2 Å². The summed E-state index contributed by atoms with van der Waals surface area (Å²) < 4.78 is 28.3. The summed E-state index contributed by atoms with van der Waals surface area (Å²) in [5, 5.41) is 4.26. The number of halogens is 2. The fourth-order valence-corrected chi connectivity index (χ4v) is 2.91. The lowest BCUT2D eigenvalue weighted by Gasteiger charge is -2.09. The van der Waals surface area contributed by atoms with Crippen LogP contribution in [0, 0.1) is 11.6 Å². The van der Waals surface area contributed by atoms with Crippen molar-refractivity contribution in [3.05, 3.63) is 94.5 Å². The minimum Gasteiger partial charge on any atom is -0.382 e. The van der Waals surface area contributed by atoms with Gasteiger partial charge in [-0.1, -0.05) is 32.0 Å². The molecule has 2 aromatic carbocycles. The molecule has 2 N–H and O–H groups in total. The summed E-state index contributed by atoms with van der Waals surface area (Å²) in [6.07, 6.45) is 3.04. The van der Waals surface area contributed by atoms with E-state index in [1.54, 1.807) is 6.20 Å². The van der Waals surface area contributed by atoms with Crippen LogP contribution in [0.1, 0.15) is 19.4 Å². The molecule has 0 atom stereocenters. The van der Waals surface area contributed by atoms with E-state index in [4.69, 9.17) is 5.73 Å². The molecule has 0 saturated carbocycles. The van der Waals surface area contributed by atoms with Gasteiger partial charge >= 0.3 is 0 Å². The van der Waals surface area contributed by atoms with Crippen LogP contribution in [0.15, 0.2) is 71.8 Å². The first-order valence-corrected chi connectivity index (χ1v) is 9.69. The Kier molecular flexibility index (Phi) is 6.81. The molecule has 2 aromatic heterocycles. The summed E-state index contributed by atoms with van der Waals surface area (Å²) in [6, 6.07) is 13.3. The molecule has 31 heavy (non-hydrogen) atoms. The Morgan fingerprint density at radius 3 is 2.29 bits per heavy atom. The van der Waals surface area contributed by atoms with E-state index in [0.717, 1.165) is 17.2 Å². The van der Waals surface area contributed by atoms with Gasteiger partial charge in [-0.3, -0.25) is 9.78 Å². The third-order valence-electron chi connectivity index (χ3n) is 4.25. The van der Waals surface area contributed by atoms with E-state index in [9.17, 15) is 13.6 Å². The summed E-state index contributed by atoms with van der Waals surface area (Å²) in [6.45, 7) is 4.18. The molecule has 2 heterocycles. The number of aromatic nitrogens is 4. The fraction of sp³-hybridized carbons (Fsp3) is 0.130. The van der Waals surface area contributed by atoms with Crippen molar-refractivity contribution in [2.75, 3.05) is 5.73 Å². The molecule has 0 aliphatic rings. The molecule has 0 amide bonds. The standard InChI is InChI=1S/C21H15F2N5O.C2H6/c22-16-7-15(8-17(23)9-16)18-4-5-21(29)28(27-18)12-13-2-1-3-14(6-13)19-10-26-20(24)11-25-19;1-2/h1-11H,12H2,(H2,24,26);1-2H3. The zero-order valence-electron chi connectivity index (χ0n) is 17.1. The van der Waals surface area contributed by atoms with Crippen LogP contribution in [0.2, 0.25) is 0 Å². The average molecular weight is 421 g/mol. The van der Waals surface area contributed by atoms with Crippen LogP contribution >= 0.6 is 0 Å². The molecule has 0 aliphatic carbocycles. The highest BCUT2D eigenvalue weighted by molar-refractivity contribution is 5.60. The minimum absolute atomic E-state index is 0.181. The maximum atomic E-state index is 13.5. The van der Waals surface area contributed by atoms with Crippen molar-refractivity contribution in [2.24, 2.45) is 0 Å². The molecule has 0 bridgehead atoms. The molecule has 0 spiro atoms. The largest absolute Gasteiger partial charge is 0.382 e. The second-order valence-corrected chi connectivity index (χ2v) is 6.40. The summed E-state index contributed by atoms with van der Waals surface area (Å²) in [7, 11) is 0. The molecule has 0 fully saturated rings. The Morgan fingerprint density at radius 1 is 0.871 bits per heavy atom. The first kappa shape index (κ1) is 21.8. The molecular formula is C23H21F2N5O. The summed E-state index contributed by atoms with van der Waals surface area (Å²) >= 11 is 0. The topological polar surface area (TPSA) is 86.7 Å². The van der Waals surface area contributed by atoms with Gasteiger partial charge in [-0.05, 0) is 29.8 Å². The number of nitrogen functional groups attached to an aromatic ring is 1. The van der Waals surface area contributed by atoms with Crippen molar-refractivity contribution in [2.45, 2.75) is 20.4 Å². The second-order valence-electron chi connectivity index (χ2n) is 6.40. The second kappa shape index (κ2) is 9.71. The highest BCUT2D eigenvalue weighted by Crippen LogP contribution is 2.20. The number of benzene rings is 2. The monoisotopic (exact) mass is 421 g/mol. The van der Waals surface area contributed by atoms with Crippen LogP contribution in [0.3, 0.4) is 0 Å². The first-order chi connectivity index (χ1) is 15.0. The van der Waals surface area contributed by atoms with Gasteiger partial charge in [-0.2, -0.15) is 5.10 Å². The third kappa shape index (κ3) is 5.36. The summed E-state index contributed by atoms with van der Waals surface area (Å²) in [4.78, 5) is 20.5. The molecule has 0 radical (unpaired) electrons. The molecule has 4 rings (SSSR count). The van der Waals surface area contributed by atoms with Crippen molar-refractivity contribution in [3.8, 4) is 22.5 Å². The predicted octanol–water partition coefficient (Wildman–Crippen LogP) is 4.30. The predicted molar refractivity (Wildman–Crippen MR) is 116 cm³/mol. The van der Waals surface area contributed by atoms with Crippen LogP contribution in [0.25, 0.3) is 22.5 Å². The molecule has 0 aliphatic heterocycles. The lowest BCUT2D eigenvalue weighted by Crippen LogP contribution is -2.22. The van der Waals surface area contributed by atoms with Gasteiger partial charge in [0, 0.05) is 23.3 Å². The van der Waals surface area contributed by atoms with Crippen molar-refractivity contribution < 1.29 is 8.78 Å². The van der Waals surface area contributed by atoms with Gasteiger partial charge in [0.15, 0.2) is 0 Å². The van der Waals surface area contributed by atoms with Crippen LogP contribution in [0.4, 0.5) is 14.6 Å². The van der Waals surface area contributed by atoms with E-state index in [1.807, 2.05) is 38.1 Å². The van der Waals surface area contributed by atoms with Crippen molar-refractivity contribution >= 4 is 5.82 Å². The summed E-state index contributed by atoms with van der Waals surface area (Å²) in [5.41, 5.74) is 8.04. The molecule has 6 nitrogen and oxygen atoms in total. The number of hydrogen-bond acceptors (Lipinski definition) is 5. The van der Waals surface area contributed by atoms with Gasteiger partial charge in [-0.25, -0.2) is 18.4 Å². The van der Waals surface area contributed by atoms with E-state index >= 15 is 0 Å². The van der Waals surface area contributed by atoms with Gasteiger partial charge in [0.25, 0.3) is 5.56 Å². The molecule has 0 unspecified atom stereocenters. The molecular weight excluding hydrogens is 400 g/mol. The van der Waals surface area contributed by atoms with E-state index < -0.39 is 11.6 Å². The Balaban J connectivity index is 0.00000132. The molecule has 4 aromatic rings. The quantitative estimate of drug-likeness (QED) is 0.531. The van der Waals surface area contributed by atoms with E-state index in [-0.39, 0.29) is 17.7 Å². The smallest absolute Gasteiger partial charge is 0.267 e. The highest BCUT2D eigenvalue weighted by atomic mass is 19.1. The van der Waals surface area contributed by atoms with Crippen molar-refractivity contribution in [1.29, 1.82) is 0 Å². The van der Waals surface area contributed by atoms with Crippen LogP contribution in [0.5, 0.6) is 0 Å². The number of rotatable bonds is 4. The first-order valence-electron chi connectivity index (χ1n) is 9.69. The Hall–Kier alpha value is -3.94. The zero-order chi connectivity index (χ0) is 22.4. The van der Waals surface area contributed by atoms with Gasteiger partial charge in [0.2, 0.25) is 0 Å². The number of nitrogens with two attached hydrogens (primary N) is 1. The Bertz CT molecular complexity index is 1220. The van der Waals surface area contributed by atoms with Gasteiger partial charge in [0.1, 0.15) is 17.5 Å². The third-order valence-corrected chi connectivity index (χ3v) is 4.25. The summed E-state index contributed by atoms with van der Waals surface area (Å²) in [5.74, 6) is -1.10. The number of anilines is 1. The fourth-order valence-electron chi connectivity index (χ4n) is 2.91. The SMILES string of the molecule is CC.Nc1cnc(-c2cccc(Cn3nc(-c4cc(F)cc(F)c4)ccc3=O)c2)cn1. The normalized spacial score (nSPS) is 10.3. The van der Waals surface area contributed by atoms with Crippen molar-refractivity contribution in [3.63, 3.8) is 0 Å². The van der Waals surface area contributed by atoms with Gasteiger partial charge < -0.3 is 5.73 Å². The van der Waals surface area contributed by atoms with E-state index in [1.165, 1.54) is 35.1 Å². The van der Waals surface area contributed by atoms with Crippen LogP contribution in [-0.4, -0.2) is 19.7 Å². The Morgan fingerprint density at radius 2 is 1.61 bits per heavy atom. The molecule has 158 valence electrons. The van der Waals surface area contributed by atoms with Crippen LogP contribution < -0.4 is 11.3 Å². The molecule has 8 heteroatoms. The minimum atomic E-state index is -0.711. The maximum absolute atomic E-state index is 13.5. The van der Waals surface area contributed by atoms with Crippen molar-refractivity contribution in [1.82, 2.24) is 19.7 Å². The van der Waals surface area contributed by atoms with Gasteiger partial charge in [-0.15, -0.1) is 0 Å². The Labute approximate surface area is 178 Å². The highest BCUT2D eigenvalue weighted by Gasteiger charge is 2.08. The maximum Gasteiger partial charge on any atom is 0.267 e. The van der Waals surface area contributed by atoms with Crippen LogP contribution in [-0.2, 0) is 6.54 Å². The average Bonchev–Trinajstić information content (AvgIpc) is 2.77. The lowest BCUT2D eigenvalue weighted by molar-refractivity contribution is 0.583. The number of hydrogen-bond donors (Lipinski definition) is 1. The molecule has 0 saturated heterocycles.